The average molecular weight is 746 g/mol. The van der Waals surface area contributed by atoms with Gasteiger partial charge in [-0.1, -0.05) is 32.1 Å². The van der Waals surface area contributed by atoms with Crippen molar-refractivity contribution >= 4 is 11.8 Å². The summed E-state index contributed by atoms with van der Waals surface area (Å²) >= 11 is 0. The lowest BCUT2D eigenvalue weighted by atomic mass is 9.70. The monoisotopic (exact) mass is 745 g/mol. The minimum Gasteiger partial charge on any atom is -0.462 e. The van der Waals surface area contributed by atoms with Crippen LogP contribution in [0.15, 0.2) is 23.8 Å². The maximum absolute atomic E-state index is 14.5. The Kier molecular flexibility index (Phi) is 13.9. The Hall–Kier alpha value is -1.70. The molecular formula is C42H67NO10. The summed E-state index contributed by atoms with van der Waals surface area (Å²) in [5.41, 5.74) is 0.791. The fourth-order valence-corrected chi connectivity index (χ4v) is 10.6. The molecule has 3 aliphatic carbocycles. The van der Waals surface area contributed by atoms with Crippen LogP contribution >= 0.6 is 0 Å². The van der Waals surface area contributed by atoms with Crippen LogP contribution in [-0.4, -0.2) is 120 Å². The number of rotatable bonds is 9. The van der Waals surface area contributed by atoms with E-state index in [4.69, 9.17) is 37.9 Å². The molecule has 0 amide bonds. The van der Waals surface area contributed by atoms with Crippen LogP contribution in [0.25, 0.3) is 0 Å². The Morgan fingerprint density at radius 3 is 2.23 bits per heavy atom. The molecule has 4 fully saturated rings. The van der Waals surface area contributed by atoms with Gasteiger partial charge < -0.3 is 42.8 Å². The number of likely N-dealkylation sites (N-methyl/N-ethyl adjacent to an activating group) is 1. The lowest BCUT2D eigenvalue weighted by Gasteiger charge is -2.44. The lowest BCUT2D eigenvalue weighted by Crippen LogP contribution is -2.59. The zero-order valence-electron chi connectivity index (χ0n) is 33.6. The van der Waals surface area contributed by atoms with Crippen molar-refractivity contribution in [2.75, 3.05) is 35.4 Å². The number of cyclic esters (lactones) is 1. The normalized spacial score (nSPS) is 45.3. The largest absolute Gasteiger partial charge is 0.462 e. The molecule has 1 saturated carbocycles. The Balaban J connectivity index is 1.18. The standard InChI is InChI=1S/C42H67NO10/c1-10-27-12-11-13-28(52-37-17-16-35(43(5)6)24(3)49-37)18-23(2)38(45)34-21-32-30(33(34)22-36(44)51-27)15-14-26-19-29(20-31(26)32)53-42-41(48-9)40(47-8)39(46-7)25(4)50-42/h14-15,21,23-33,35,37,39-42H,10-13,16-20,22H2,1-9H3/t23-,24-,25+,26-,27-,28?,29-,30-,31-,32-,33?,35+,37+,39+,40-,41-,42?/m1/s1. The molecule has 53 heavy (non-hydrogen) atoms. The Morgan fingerprint density at radius 1 is 0.792 bits per heavy atom. The topological polar surface area (TPSA) is 111 Å². The van der Waals surface area contributed by atoms with Gasteiger partial charge >= 0.3 is 5.97 Å². The third-order valence-electron chi connectivity index (χ3n) is 13.4. The van der Waals surface area contributed by atoms with Gasteiger partial charge in [0.1, 0.15) is 24.4 Å². The minimum atomic E-state index is -0.590. The van der Waals surface area contributed by atoms with Gasteiger partial charge in [-0.25, -0.2) is 0 Å². The quantitative estimate of drug-likeness (QED) is 0.209. The van der Waals surface area contributed by atoms with Crippen molar-refractivity contribution in [3.8, 4) is 0 Å². The second-order valence-corrected chi connectivity index (χ2v) is 16.9. The van der Waals surface area contributed by atoms with Crippen LogP contribution in [0, 0.1) is 35.5 Å². The molecular weight excluding hydrogens is 678 g/mol. The summed E-state index contributed by atoms with van der Waals surface area (Å²) in [6, 6.07) is 0.360. The van der Waals surface area contributed by atoms with E-state index in [1.54, 1.807) is 21.3 Å². The van der Waals surface area contributed by atoms with Crippen LogP contribution in [-0.2, 0) is 47.5 Å². The number of fused-ring (bicyclic) bond motifs is 5. The molecule has 0 aromatic carbocycles. The molecule has 0 spiro atoms. The zero-order valence-corrected chi connectivity index (χ0v) is 33.6. The number of ether oxygens (including phenoxy) is 8. The van der Waals surface area contributed by atoms with Crippen molar-refractivity contribution in [3.05, 3.63) is 23.8 Å². The summed E-state index contributed by atoms with van der Waals surface area (Å²) in [7, 11) is 9.17. The molecule has 0 aromatic rings. The van der Waals surface area contributed by atoms with Gasteiger partial charge in [0.25, 0.3) is 0 Å². The molecule has 11 heteroatoms. The Morgan fingerprint density at radius 2 is 1.55 bits per heavy atom. The highest BCUT2D eigenvalue weighted by molar-refractivity contribution is 5.98. The van der Waals surface area contributed by atoms with E-state index >= 15 is 0 Å². The number of hydrogen-bond donors (Lipinski definition) is 0. The van der Waals surface area contributed by atoms with E-state index < -0.39 is 12.4 Å². The predicted molar refractivity (Wildman–Crippen MR) is 199 cm³/mol. The van der Waals surface area contributed by atoms with E-state index in [0.29, 0.717) is 18.4 Å². The molecule has 0 bridgehead atoms. The molecule has 3 saturated heterocycles. The van der Waals surface area contributed by atoms with Crippen LogP contribution in [0.2, 0.25) is 0 Å². The van der Waals surface area contributed by atoms with Crippen molar-refractivity contribution in [3.63, 3.8) is 0 Å². The van der Waals surface area contributed by atoms with Gasteiger partial charge in [0, 0.05) is 39.2 Å². The van der Waals surface area contributed by atoms with Crippen molar-refractivity contribution in [2.24, 2.45) is 35.5 Å². The first-order valence-corrected chi connectivity index (χ1v) is 20.5. The van der Waals surface area contributed by atoms with Crippen LogP contribution in [0.3, 0.4) is 0 Å². The van der Waals surface area contributed by atoms with E-state index in [1.807, 2.05) is 13.8 Å². The Bertz CT molecular complexity index is 1300. The van der Waals surface area contributed by atoms with E-state index in [2.05, 4.69) is 51.1 Å². The van der Waals surface area contributed by atoms with Gasteiger partial charge in [-0.2, -0.15) is 0 Å². The number of ketones is 1. The molecule has 17 atom stereocenters. The van der Waals surface area contributed by atoms with E-state index in [-0.39, 0.29) is 96.8 Å². The van der Waals surface area contributed by atoms with Gasteiger partial charge in [0.15, 0.2) is 18.4 Å². The van der Waals surface area contributed by atoms with Crippen LogP contribution in [0.5, 0.6) is 0 Å². The molecule has 3 unspecified atom stereocenters. The highest BCUT2D eigenvalue weighted by Gasteiger charge is 2.52. The summed E-state index contributed by atoms with van der Waals surface area (Å²) in [5, 5.41) is 0. The molecule has 3 heterocycles. The number of methoxy groups -OCH3 is 3. The average Bonchev–Trinajstić information content (AvgIpc) is 3.70. The molecule has 0 N–H and O–H groups in total. The van der Waals surface area contributed by atoms with Gasteiger partial charge in [-0.15, -0.1) is 0 Å². The number of carbonyl (C=O) groups is 2. The number of esters is 1. The van der Waals surface area contributed by atoms with E-state index in [9.17, 15) is 9.59 Å². The van der Waals surface area contributed by atoms with Crippen molar-refractivity contribution in [2.45, 2.75) is 159 Å². The van der Waals surface area contributed by atoms with Crippen molar-refractivity contribution < 1.29 is 47.5 Å². The second kappa shape index (κ2) is 18.0. The molecule has 0 aromatic heterocycles. The molecule has 0 radical (unpaired) electrons. The van der Waals surface area contributed by atoms with E-state index in [1.165, 1.54) is 0 Å². The smallest absolute Gasteiger partial charge is 0.306 e. The highest BCUT2D eigenvalue weighted by atomic mass is 16.7. The van der Waals surface area contributed by atoms with Gasteiger partial charge in [0.2, 0.25) is 0 Å². The molecule has 6 rings (SSSR count). The number of nitrogens with zero attached hydrogens (tertiary/aromatic N) is 1. The summed E-state index contributed by atoms with van der Waals surface area (Å²) in [4.78, 5) is 30.3. The van der Waals surface area contributed by atoms with Gasteiger partial charge in [-0.05, 0) is 115 Å². The first-order chi connectivity index (χ1) is 25.5. The zero-order chi connectivity index (χ0) is 38.0. The summed E-state index contributed by atoms with van der Waals surface area (Å²) in [6.07, 6.45) is 12.0. The second-order valence-electron chi connectivity index (χ2n) is 16.9. The number of carbonyl (C=O) groups excluding carboxylic acids is 2. The van der Waals surface area contributed by atoms with Crippen molar-refractivity contribution in [1.29, 1.82) is 0 Å². The first-order valence-electron chi connectivity index (χ1n) is 20.5. The minimum absolute atomic E-state index is 0.0471. The highest BCUT2D eigenvalue weighted by Crippen LogP contribution is 2.54. The SMILES string of the molecule is CC[C@@H]1CCCC(O[C@H]2CC[C@H](N(C)C)[C@@H](C)O2)C[C@@H](C)C(=O)C2=C[C@H]3[C@@H]4C[C@H](OC5O[C@@H](C)[C@H](OC)[C@@H](OC)[C@H]5OC)C[C@H]4C=C[C@H]3C2CC(=O)O1. The first kappa shape index (κ1) is 40.9. The van der Waals surface area contributed by atoms with E-state index in [0.717, 1.165) is 56.9 Å². The summed E-state index contributed by atoms with van der Waals surface area (Å²) < 4.78 is 49.5. The van der Waals surface area contributed by atoms with Crippen LogP contribution in [0.4, 0.5) is 0 Å². The summed E-state index contributed by atoms with van der Waals surface area (Å²) in [5.74, 6) is 0.258. The maximum atomic E-state index is 14.5. The fraction of sp³-hybridized carbons (Fsp3) is 0.857. The fourth-order valence-electron chi connectivity index (χ4n) is 10.6. The number of allylic oxidation sites excluding steroid dienone is 4. The Labute approximate surface area is 317 Å². The van der Waals surface area contributed by atoms with Crippen molar-refractivity contribution in [1.82, 2.24) is 4.90 Å². The third-order valence-corrected chi connectivity index (χ3v) is 13.4. The molecule has 300 valence electrons. The molecule has 3 aliphatic heterocycles. The maximum Gasteiger partial charge on any atom is 0.306 e. The van der Waals surface area contributed by atoms with Gasteiger partial charge in [0.05, 0.1) is 30.8 Å². The van der Waals surface area contributed by atoms with Crippen LogP contribution < -0.4 is 0 Å². The number of hydrogen-bond acceptors (Lipinski definition) is 11. The summed E-state index contributed by atoms with van der Waals surface area (Å²) in [6.45, 7) is 8.21. The van der Waals surface area contributed by atoms with Gasteiger partial charge in [-0.3, -0.25) is 9.59 Å². The third kappa shape index (κ3) is 8.98. The van der Waals surface area contributed by atoms with Crippen LogP contribution in [0.1, 0.15) is 91.9 Å². The lowest BCUT2D eigenvalue weighted by molar-refractivity contribution is -0.314. The molecule has 6 aliphatic rings. The molecule has 11 nitrogen and oxygen atoms in total. The predicted octanol–water partition coefficient (Wildman–Crippen LogP) is 5.88. The number of Topliss-reactive ketones (excluding diaryl/α,β-unsaturated/α-hetero) is 1.